The van der Waals surface area contributed by atoms with Crippen LogP contribution in [0.3, 0.4) is 0 Å². The molecule has 0 unspecified atom stereocenters. The van der Waals surface area contributed by atoms with E-state index in [0.717, 1.165) is 24.0 Å². The molecular formula is C27H28N2O5S. The molecule has 1 fully saturated rings. The minimum Gasteiger partial charge on any atom is -0.379 e. The highest BCUT2D eigenvalue weighted by molar-refractivity contribution is 7.87. The Bertz CT molecular complexity index is 1380. The van der Waals surface area contributed by atoms with E-state index in [1.807, 2.05) is 26.0 Å². The van der Waals surface area contributed by atoms with Crippen LogP contribution in [0.5, 0.6) is 5.75 Å². The van der Waals surface area contributed by atoms with Gasteiger partial charge in [0.2, 0.25) is 0 Å². The molecule has 7 nitrogen and oxygen atoms in total. The minimum atomic E-state index is -4.02. The fourth-order valence-corrected chi connectivity index (χ4v) is 5.39. The molecule has 1 heterocycles. The third kappa shape index (κ3) is 5.38. The van der Waals surface area contributed by atoms with Gasteiger partial charge in [-0.3, -0.25) is 9.59 Å². The molecule has 0 aliphatic carbocycles. The molecule has 1 aliphatic heterocycles. The smallest absolute Gasteiger partial charge is 0.339 e. The first-order chi connectivity index (χ1) is 16.7. The van der Waals surface area contributed by atoms with E-state index in [4.69, 9.17) is 4.18 Å². The molecule has 3 aromatic rings. The number of nitrogens with one attached hydrogen (secondary N) is 1. The van der Waals surface area contributed by atoms with Gasteiger partial charge in [-0.1, -0.05) is 24.3 Å². The summed E-state index contributed by atoms with van der Waals surface area (Å²) in [6, 6.07) is 16.3. The molecular weight excluding hydrogens is 464 g/mol. The number of carbonyl (C=O) groups is 2. The van der Waals surface area contributed by atoms with Crippen LogP contribution >= 0.6 is 0 Å². The molecule has 35 heavy (non-hydrogen) atoms. The standard InChI is InChI=1S/C27H28N2O5S/c1-18-9-10-19(2)24(17-18)35(32,33)34-22-13-11-21(12-14-22)26(30)28-23-8-6-7-20(3)25(23)27(31)29-15-4-5-16-29/h6-14,17H,4-5,15-16H2,1-3H3,(H,28,30). The highest BCUT2D eigenvalue weighted by atomic mass is 32.2. The third-order valence-corrected chi connectivity index (χ3v) is 7.45. The van der Waals surface area contributed by atoms with Gasteiger partial charge in [0.05, 0.1) is 11.3 Å². The summed E-state index contributed by atoms with van der Waals surface area (Å²) >= 11 is 0. The van der Waals surface area contributed by atoms with Gasteiger partial charge in [-0.25, -0.2) is 0 Å². The van der Waals surface area contributed by atoms with Crippen LogP contribution in [0.25, 0.3) is 0 Å². The lowest BCUT2D eigenvalue weighted by molar-refractivity contribution is 0.0793. The summed E-state index contributed by atoms with van der Waals surface area (Å²) in [6.07, 6.45) is 1.96. The highest BCUT2D eigenvalue weighted by Crippen LogP contribution is 2.26. The molecule has 4 rings (SSSR count). The summed E-state index contributed by atoms with van der Waals surface area (Å²) in [6.45, 7) is 6.79. The predicted molar refractivity (Wildman–Crippen MR) is 134 cm³/mol. The second-order valence-electron chi connectivity index (χ2n) is 8.78. The summed E-state index contributed by atoms with van der Waals surface area (Å²) in [5.74, 6) is -0.394. The Morgan fingerprint density at radius 3 is 2.26 bits per heavy atom. The van der Waals surface area contributed by atoms with E-state index in [0.29, 0.717) is 35.5 Å². The number of rotatable bonds is 6. The predicted octanol–water partition coefficient (Wildman–Crippen LogP) is 4.87. The molecule has 182 valence electrons. The largest absolute Gasteiger partial charge is 0.379 e. The van der Waals surface area contributed by atoms with Crippen molar-refractivity contribution in [2.75, 3.05) is 18.4 Å². The number of nitrogens with zero attached hydrogens (tertiary/aromatic N) is 1. The number of benzene rings is 3. The SMILES string of the molecule is Cc1ccc(C)c(S(=O)(=O)Oc2ccc(C(=O)Nc3cccc(C)c3C(=O)N3CCCC3)cc2)c1. The van der Waals surface area contributed by atoms with Crippen LogP contribution in [-0.2, 0) is 10.1 Å². The minimum absolute atomic E-state index is 0.0868. The number of carbonyl (C=O) groups excluding carboxylic acids is 2. The second kappa shape index (κ2) is 9.92. The zero-order valence-electron chi connectivity index (χ0n) is 20.0. The van der Waals surface area contributed by atoms with Crippen molar-refractivity contribution in [2.24, 2.45) is 0 Å². The molecule has 0 spiro atoms. The van der Waals surface area contributed by atoms with E-state index in [1.54, 1.807) is 36.1 Å². The van der Waals surface area contributed by atoms with Gasteiger partial charge in [0.15, 0.2) is 0 Å². The Hall–Kier alpha value is -3.65. The van der Waals surface area contributed by atoms with Gasteiger partial charge in [0.25, 0.3) is 11.8 Å². The van der Waals surface area contributed by atoms with Crippen LogP contribution in [0.15, 0.2) is 65.6 Å². The van der Waals surface area contributed by atoms with Gasteiger partial charge in [-0.2, -0.15) is 8.42 Å². The van der Waals surface area contributed by atoms with E-state index in [9.17, 15) is 18.0 Å². The van der Waals surface area contributed by atoms with Gasteiger partial charge in [0.1, 0.15) is 10.6 Å². The van der Waals surface area contributed by atoms with Crippen LogP contribution in [0.2, 0.25) is 0 Å². The van der Waals surface area contributed by atoms with Crippen molar-refractivity contribution in [3.63, 3.8) is 0 Å². The number of aryl methyl sites for hydroxylation is 3. The van der Waals surface area contributed by atoms with Crippen LogP contribution in [0.4, 0.5) is 5.69 Å². The van der Waals surface area contributed by atoms with Crippen LogP contribution in [-0.4, -0.2) is 38.2 Å². The number of amides is 2. The summed E-state index contributed by atoms with van der Waals surface area (Å²) in [5, 5.41) is 2.83. The second-order valence-corrected chi connectivity index (χ2v) is 10.3. The topological polar surface area (TPSA) is 92.8 Å². The number of hydrogen-bond donors (Lipinski definition) is 1. The van der Waals surface area contributed by atoms with Gasteiger partial charge in [0, 0.05) is 18.7 Å². The molecule has 0 atom stereocenters. The first-order valence-electron chi connectivity index (χ1n) is 11.5. The van der Waals surface area contributed by atoms with Crippen molar-refractivity contribution in [3.05, 3.63) is 88.5 Å². The van der Waals surface area contributed by atoms with Crippen LogP contribution in [0.1, 0.15) is 50.2 Å². The van der Waals surface area contributed by atoms with Gasteiger partial charge in [-0.15, -0.1) is 0 Å². The lowest BCUT2D eigenvalue weighted by atomic mass is 10.0. The van der Waals surface area contributed by atoms with Crippen molar-refractivity contribution >= 4 is 27.6 Å². The van der Waals surface area contributed by atoms with Crippen molar-refractivity contribution in [1.29, 1.82) is 0 Å². The van der Waals surface area contributed by atoms with E-state index in [1.165, 1.54) is 24.3 Å². The molecule has 8 heteroatoms. The molecule has 0 bridgehead atoms. The fraction of sp³-hybridized carbons (Fsp3) is 0.259. The maximum Gasteiger partial charge on any atom is 0.339 e. The summed E-state index contributed by atoms with van der Waals surface area (Å²) < 4.78 is 30.8. The first-order valence-corrected chi connectivity index (χ1v) is 12.9. The van der Waals surface area contributed by atoms with Crippen molar-refractivity contribution in [2.45, 2.75) is 38.5 Å². The third-order valence-electron chi connectivity index (χ3n) is 6.06. The maximum absolute atomic E-state index is 13.0. The Kier molecular flexibility index (Phi) is 6.93. The Labute approximate surface area is 205 Å². The monoisotopic (exact) mass is 492 g/mol. The number of hydrogen-bond acceptors (Lipinski definition) is 5. The quantitative estimate of drug-likeness (QED) is 0.496. The molecule has 0 aromatic heterocycles. The molecule has 2 amide bonds. The number of likely N-dealkylation sites (tertiary alicyclic amines) is 1. The molecule has 0 radical (unpaired) electrons. The van der Waals surface area contributed by atoms with Crippen LogP contribution < -0.4 is 9.50 Å². The first kappa shape index (κ1) is 24.5. The van der Waals surface area contributed by atoms with Crippen LogP contribution in [0, 0.1) is 20.8 Å². The summed E-state index contributed by atoms with van der Waals surface area (Å²) in [4.78, 5) is 27.9. The zero-order valence-corrected chi connectivity index (χ0v) is 20.8. The molecule has 0 saturated carbocycles. The highest BCUT2D eigenvalue weighted by Gasteiger charge is 2.24. The Balaban J connectivity index is 1.51. The summed E-state index contributed by atoms with van der Waals surface area (Å²) in [7, 11) is -4.02. The normalized spacial score (nSPS) is 13.5. The van der Waals surface area contributed by atoms with Crippen molar-refractivity contribution in [1.82, 2.24) is 4.90 Å². The maximum atomic E-state index is 13.0. The zero-order chi connectivity index (χ0) is 25.2. The molecule has 1 aliphatic rings. The van der Waals surface area contributed by atoms with Crippen molar-refractivity contribution < 1.29 is 22.2 Å². The van der Waals surface area contributed by atoms with E-state index in [2.05, 4.69) is 5.32 Å². The van der Waals surface area contributed by atoms with E-state index < -0.39 is 16.0 Å². The Morgan fingerprint density at radius 2 is 1.57 bits per heavy atom. The molecule has 3 aromatic carbocycles. The number of anilines is 1. The van der Waals surface area contributed by atoms with Gasteiger partial charge < -0.3 is 14.4 Å². The average molecular weight is 493 g/mol. The van der Waals surface area contributed by atoms with Gasteiger partial charge in [-0.05, 0) is 86.7 Å². The lowest BCUT2D eigenvalue weighted by Crippen LogP contribution is -2.29. The fourth-order valence-electron chi connectivity index (χ4n) is 4.14. The lowest BCUT2D eigenvalue weighted by Gasteiger charge is -2.19. The van der Waals surface area contributed by atoms with Crippen molar-refractivity contribution in [3.8, 4) is 5.75 Å². The molecule has 1 N–H and O–H groups in total. The van der Waals surface area contributed by atoms with Gasteiger partial charge >= 0.3 is 10.1 Å². The van der Waals surface area contributed by atoms with E-state index >= 15 is 0 Å². The average Bonchev–Trinajstić information content (AvgIpc) is 3.36. The molecule has 1 saturated heterocycles. The summed E-state index contributed by atoms with van der Waals surface area (Å²) in [5.41, 5.74) is 3.43. The Morgan fingerprint density at radius 1 is 0.886 bits per heavy atom. The van der Waals surface area contributed by atoms with E-state index in [-0.39, 0.29) is 16.6 Å².